The van der Waals surface area contributed by atoms with E-state index in [-0.39, 0.29) is 0 Å². The van der Waals surface area contributed by atoms with Crippen LogP contribution in [0.2, 0.25) is 0 Å². The topological polar surface area (TPSA) is 46.7 Å². The van der Waals surface area contributed by atoms with Gasteiger partial charge >= 0.3 is 35.6 Å². The molecule has 0 N–H and O–H groups in total. The molecule has 3 aromatic carbocycles. The molecule has 140 valence electrons. The van der Waals surface area contributed by atoms with Crippen molar-refractivity contribution >= 4 is 41.4 Å². The second kappa shape index (κ2) is 11.8. The zero-order chi connectivity index (χ0) is 19.5. The van der Waals surface area contributed by atoms with Crippen LogP contribution in [0.1, 0.15) is 0 Å². The predicted molar refractivity (Wildman–Crippen MR) is 109 cm³/mol. The molecule has 0 fully saturated rings. The van der Waals surface area contributed by atoms with Crippen molar-refractivity contribution in [3.05, 3.63) is 83.4 Å². The summed E-state index contributed by atoms with van der Waals surface area (Å²) in [7, 11) is 13.1. The van der Waals surface area contributed by atoms with Gasteiger partial charge in [-0.2, -0.15) is 11.4 Å². The monoisotopic (exact) mass is 436 g/mol. The van der Waals surface area contributed by atoms with Crippen molar-refractivity contribution in [3.63, 3.8) is 0 Å². The van der Waals surface area contributed by atoms with Gasteiger partial charge in [0.25, 0.3) is 0 Å². The van der Waals surface area contributed by atoms with E-state index >= 15 is 0 Å². The fourth-order valence-electron chi connectivity index (χ4n) is 2.24. The van der Waals surface area contributed by atoms with Crippen molar-refractivity contribution in [2.45, 2.75) is 0 Å². The average Bonchev–Trinajstić information content (AvgIpc) is 2.71. The first-order valence-electron chi connectivity index (χ1n) is 7.97. The van der Waals surface area contributed by atoms with E-state index in [0.717, 1.165) is 34.2 Å². The molecule has 27 heavy (non-hydrogen) atoms. The Kier molecular flexibility index (Phi) is 9.36. The summed E-state index contributed by atoms with van der Waals surface area (Å²) in [6, 6.07) is 23.1. The van der Waals surface area contributed by atoms with Crippen LogP contribution in [-0.2, 0) is 17.0 Å². The fraction of sp³-hybridized carbons (Fsp3) is 0.100. The molecule has 0 saturated carbocycles. The predicted octanol–water partition coefficient (Wildman–Crippen LogP) is 7.75. The van der Waals surface area contributed by atoms with Crippen LogP contribution in [0.15, 0.2) is 72.8 Å². The van der Waals surface area contributed by atoms with Gasteiger partial charge in [0.2, 0.25) is 0 Å². The van der Waals surface area contributed by atoms with Crippen molar-refractivity contribution in [1.82, 2.24) is 0 Å². The van der Waals surface area contributed by atoms with Crippen molar-refractivity contribution < 1.29 is 26.5 Å². The molecular formula is C20H18Cl2N2O2Ti-2. The number of para-hydroxylation sites is 2. The zero-order valence-electron chi connectivity index (χ0n) is 14.9. The molecule has 0 saturated heterocycles. The van der Waals surface area contributed by atoms with Crippen LogP contribution in [0.3, 0.4) is 0 Å². The quantitative estimate of drug-likeness (QED) is 0.370. The van der Waals surface area contributed by atoms with E-state index in [2.05, 4.69) is 10.6 Å². The van der Waals surface area contributed by atoms with E-state index < -0.39 is 17.0 Å². The average molecular weight is 437 g/mol. The molecule has 3 rings (SSSR count). The van der Waals surface area contributed by atoms with Gasteiger partial charge in [-0.3, -0.25) is 0 Å². The molecule has 7 heteroatoms. The summed E-state index contributed by atoms with van der Waals surface area (Å²) >= 11 is -0.556. The van der Waals surface area contributed by atoms with Crippen molar-refractivity contribution in [2.75, 3.05) is 14.2 Å². The van der Waals surface area contributed by atoms with Crippen LogP contribution in [0, 0.1) is 0 Å². The second-order valence-corrected chi connectivity index (χ2v) is 7.76. The molecule has 0 spiro atoms. The summed E-state index contributed by atoms with van der Waals surface area (Å²) in [5, 5.41) is 9.34. The maximum atomic E-state index is 5.17. The van der Waals surface area contributed by atoms with Gasteiger partial charge in [-0.1, -0.05) is 48.5 Å². The van der Waals surface area contributed by atoms with Crippen LogP contribution < -0.4 is 9.47 Å². The third-order valence-electron chi connectivity index (χ3n) is 3.53. The first-order chi connectivity index (χ1) is 13.2. The molecule has 0 aromatic heterocycles. The number of methoxy groups -OCH3 is 2. The Hall–Kier alpha value is -1.85. The standard InChI is InChI=1S/C20H18N2O2.2ClH.Ti/c1-23-17-11-7-15(8-12-17)21-19-5-3-4-6-20(19)22-16-9-13-18(24-2)14-10-16;;;/h3-14H,1-2H3;2*1H;/q-2;;;+2/p-2. The molecular weight excluding hydrogens is 419 g/mol. The molecule has 0 aliphatic heterocycles. The number of rotatable bonds is 6. The Bertz CT molecular complexity index is 746. The van der Waals surface area contributed by atoms with Gasteiger partial charge in [0.15, 0.2) is 0 Å². The van der Waals surface area contributed by atoms with E-state index in [1.165, 1.54) is 0 Å². The number of halogens is 2. The van der Waals surface area contributed by atoms with E-state index in [4.69, 9.17) is 28.1 Å². The van der Waals surface area contributed by atoms with Crippen LogP contribution in [0.5, 0.6) is 11.5 Å². The van der Waals surface area contributed by atoms with Gasteiger partial charge in [-0.15, -0.1) is 11.4 Å². The molecule has 0 bridgehead atoms. The fourth-order valence-corrected chi connectivity index (χ4v) is 2.24. The Morgan fingerprint density at radius 2 is 0.963 bits per heavy atom. The molecule has 0 heterocycles. The second-order valence-electron chi connectivity index (χ2n) is 5.18. The molecule has 4 nitrogen and oxygen atoms in total. The van der Waals surface area contributed by atoms with Crippen molar-refractivity contribution in [2.24, 2.45) is 0 Å². The number of nitrogens with zero attached hydrogens (tertiary/aromatic N) is 2. The van der Waals surface area contributed by atoms with Gasteiger partial charge in [0.05, 0.1) is 14.2 Å². The SMILES string of the molecule is COc1ccc([N-]c2ccccc2[N-]c2ccc(OC)cc2)cc1.[Cl][Ti][Cl]. The first kappa shape index (κ1) is 21.5. The molecule has 0 radical (unpaired) electrons. The van der Waals surface area contributed by atoms with E-state index in [1.54, 1.807) is 14.2 Å². The van der Waals surface area contributed by atoms with Crippen LogP contribution in [0.4, 0.5) is 22.7 Å². The Balaban J connectivity index is 0.000000817. The normalized spacial score (nSPS) is 9.48. The summed E-state index contributed by atoms with van der Waals surface area (Å²) in [5.41, 5.74) is 3.35. The van der Waals surface area contributed by atoms with Gasteiger partial charge in [-0.05, 0) is 24.3 Å². The van der Waals surface area contributed by atoms with E-state index in [9.17, 15) is 0 Å². The zero-order valence-corrected chi connectivity index (χ0v) is 18.0. The number of ether oxygens (including phenoxy) is 2. The summed E-state index contributed by atoms with van der Waals surface area (Å²) in [5.74, 6) is 1.62. The van der Waals surface area contributed by atoms with E-state index in [1.807, 2.05) is 72.8 Å². The Morgan fingerprint density at radius 3 is 1.26 bits per heavy atom. The summed E-state index contributed by atoms with van der Waals surface area (Å²) in [4.78, 5) is 0. The molecule has 3 aromatic rings. The van der Waals surface area contributed by atoms with Gasteiger partial charge < -0.3 is 20.1 Å². The van der Waals surface area contributed by atoms with Crippen LogP contribution >= 0.6 is 18.6 Å². The van der Waals surface area contributed by atoms with Crippen LogP contribution in [0.25, 0.3) is 10.6 Å². The van der Waals surface area contributed by atoms with Crippen LogP contribution in [-0.4, -0.2) is 14.2 Å². The first-order valence-corrected chi connectivity index (χ1v) is 12.3. The Labute approximate surface area is 176 Å². The number of hydrogen-bond donors (Lipinski definition) is 0. The third-order valence-corrected chi connectivity index (χ3v) is 3.53. The van der Waals surface area contributed by atoms with Gasteiger partial charge in [0.1, 0.15) is 11.5 Å². The summed E-state index contributed by atoms with van der Waals surface area (Å²) < 4.78 is 10.3. The number of hydrogen-bond acceptors (Lipinski definition) is 2. The van der Waals surface area contributed by atoms with Crippen molar-refractivity contribution in [1.29, 1.82) is 0 Å². The number of benzene rings is 3. The molecule has 0 atom stereocenters. The Morgan fingerprint density at radius 1 is 0.630 bits per heavy atom. The molecule has 0 aliphatic carbocycles. The van der Waals surface area contributed by atoms with Gasteiger partial charge in [-0.25, -0.2) is 0 Å². The van der Waals surface area contributed by atoms with Crippen molar-refractivity contribution in [3.8, 4) is 11.5 Å². The minimum atomic E-state index is -0.556. The van der Waals surface area contributed by atoms with E-state index in [0.29, 0.717) is 0 Å². The molecule has 0 aliphatic rings. The molecule has 0 unspecified atom stereocenters. The third kappa shape index (κ3) is 7.00. The maximum absolute atomic E-state index is 5.17. The van der Waals surface area contributed by atoms with Gasteiger partial charge in [0, 0.05) is 0 Å². The minimum absolute atomic E-state index is 0.556. The summed E-state index contributed by atoms with van der Waals surface area (Å²) in [6.07, 6.45) is 0. The molecule has 0 amide bonds. The summed E-state index contributed by atoms with van der Waals surface area (Å²) in [6.45, 7) is 0.